The zero-order valence-electron chi connectivity index (χ0n) is 7.34. The number of hydrogen-bond donors (Lipinski definition) is 1. The molecular weight excluding hydrogens is 152 g/mol. The van der Waals surface area contributed by atoms with Crippen LogP contribution in [0.2, 0.25) is 0 Å². The molecular formula is C9H14N2O. The SMILES string of the molecule is C#CCCN1CC(C(=O)NC)C1. The van der Waals surface area contributed by atoms with E-state index in [2.05, 4.69) is 16.1 Å². The maximum absolute atomic E-state index is 11.0. The minimum absolute atomic E-state index is 0.145. The number of nitrogens with one attached hydrogen (secondary N) is 1. The third-order valence-electron chi connectivity index (χ3n) is 2.15. The van der Waals surface area contributed by atoms with E-state index >= 15 is 0 Å². The van der Waals surface area contributed by atoms with E-state index in [1.807, 2.05) is 0 Å². The molecule has 0 unspecified atom stereocenters. The third kappa shape index (κ3) is 1.99. The monoisotopic (exact) mass is 166 g/mol. The molecule has 0 bridgehead atoms. The van der Waals surface area contributed by atoms with Crippen LogP contribution in [-0.4, -0.2) is 37.5 Å². The summed E-state index contributed by atoms with van der Waals surface area (Å²) in [5.74, 6) is 2.92. The lowest BCUT2D eigenvalue weighted by Gasteiger charge is -2.37. The van der Waals surface area contributed by atoms with Crippen LogP contribution in [0.5, 0.6) is 0 Å². The fourth-order valence-corrected chi connectivity index (χ4v) is 1.35. The molecule has 1 saturated heterocycles. The summed E-state index contributed by atoms with van der Waals surface area (Å²) in [6.45, 7) is 2.65. The molecule has 1 amide bonds. The summed E-state index contributed by atoms with van der Waals surface area (Å²) in [4.78, 5) is 13.2. The molecule has 0 aromatic rings. The molecule has 3 heteroatoms. The summed E-state index contributed by atoms with van der Waals surface area (Å²) in [7, 11) is 1.67. The lowest BCUT2D eigenvalue weighted by molar-refractivity contribution is -0.129. The molecule has 0 saturated carbocycles. The molecule has 0 atom stereocenters. The van der Waals surface area contributed by atoms with Crippen LogP contribution in [0.3, 0.4) is 0 Å². The van der Waals surface area contributed by atoms with Gasteiger partial charge in [0.2, 0.25) is 5.91 Å². The zero-order chi connectivity index (χ0) is 8.97. The average Bonchev–Trinajstić information content (AvgIpc) is 2.01. The Hall–Kier alpha value is -1.01. The first-order valence-electron chi connectivity index (χ1n) is 4.15. The highest BCUT2D eigenvalue weighted by Crippen LogP contribution is 2.14. The fourth-order valence-electron chi connectivity index (χ4n) is 1.35. The van der Waals surface area contributed by atoms with E-state index in [9.17, 15) is 4.79 Å². The minimum Gasteiger partial charge on any atom is -0.359 e. The van der Waals surface area contributed by atoms with E-state index in [4.69, 9.17) is 6.42 Å². The highest BCUT2D eigenvalue weighted by atomic mass is 16.1. The maximum atomic E-state index is 11.0. The van der Waals surface area contributed by atoms with Gasteiger partial charge in [-0.15, -0.1) is 12.3 Å². The number of carbonyl (C=O) groups excluding carboxylic acids is 1. The molecule has 12 heavy (non-hydrogen) atoms. The standard InChI is InChI=1S/C9H14N2O/c1-3-4-5-11-6-8(7-11)9(12)10-2/h1,8H,4-7H2,2H3,(H,10,12). The Morgan fingerprint density at radius 3 is 2.92 bits per heavy atom. The molecule has 66 valence electrons. The van der Waals surface area contributed by atoms with Gasteiger partial charge in [-0.1, -0.05) is 0 Å². The fraction of sp³-hybridized carbons (Fsp3) is 0.667. The summed E-state index contributed by atoms with van der Waals surface area (Å²) in [5, 5.41) is 2.64. The average molecular weight is 166 g/mol. The van der Waals surface area contributed by atoms with Crippen LogP contribution in [0.1, 0.15) is 6.42 Å². The van der Waals surface area contributed by atoms with Crippen LogP contribution in [0.15, 0.2) is 0 Å². The van der Waals surface area contributed by atoms with Crippen molar-refractivity contribution in [3.8, 4) is 12.3 Å². The van der Waals surface area contributed by atoms with Crippen molar-refractivity contribution in [1.82, 2.24) is 10.2 Å². The number of nitrogens with zero attached hydrogens (tertiary/aromatic N) is 1. The van der Waals surface area contributed by atoms with Crippen molar-refractivity contribution in [2.75, 3.05) is 26.7 Å². The number of carbonyl (C=O) groups is 1. The summed E-state index contributed by atoms with van der Waals surface area (Å²) in [6, 6.07) is 0. The third-order valence-corrected chi connectivity index (χ3v) is 2.15. The van der Waals surface area contributed by atoms with Crippen LogP contribution in [0, 0.1) is 18.3 Å². The largest absolute Gasteiger partial charge is 0.359 e. The van der Waals surface area contributed by atoms with Gasteiger partial charge in [-0.05, 0) is 0 Å². The highest BCUT2D eigenvalue weighted by molar-refractivity contribution is 5.79. The Bertz CT molecular complexity index is 201. The van der Waals surface area contributed by atoms with Crippen LogP contribution in [-0.2, 0) is 4.79 Å². The first kappa shape index (κ1) is 9.08. The Morgan fingerprint density at radius 2 is 2.42 bits per heavy atom. The van der Waals surface area contributed by atoms with Gasteiger partial charge in [0.05, 0.1) is 5.92 Å². The molecule has 1 fully saturated rings. The molecule has 0 aliphatic carbocycles. The van der Waals surface area contributed by atoms with E-state index in [1.165, 1.54) is 0 Å². The van der Waals surface area contributed by atoms with Crippen LogP contribution < -0.4 is 5.32 Å². The Kier molecular flexibility index (Phi) is 3.12. The van der Waals surface area contributed by atoms with E-state index in [1.54, 1.807) is 7.05 Å². The quantitative estimate of drug-likeness (QED) is 0.583. The summed E-state index contributed by atoms with van der Waals surface area (Å²) >= 11 is 0. The molecule has 0 aromatic heterocycles. The summed E-state index contributed by atoms with van der Waals surface area (Å²) in [6.07, 6.45) is 5.90. The smallest absolute Gasteiger partial charge is 0.225 e. The number of likely N-dealkylation sites (tertiary alicyclic amines) is 1. The van der Waals surface area contributed by atoms with Crippen molar-refractivity contribution in [2.24, 2.45) is 5.92 Å². The zero-order valence-corrected chi connectivity index (χ0v) is 7.34. The van der Waals surface area contributed by atoms with Crippen LogP contribution in [0.25, 0.3) is 0 Å². The first-order valence-corrected chi connectivity index (χ1v) is 4.15. The lowest BCUT2D eigenvalue weighted by atomic mass is 9.99. The van der Waals surface area contributed by atoms with E-state index in [0.717, 1.165) is 26.1 Å². The highest BCUT2D eigenvalue weighted by Gasteiger charge is 2.30. The molecule has 1 heterocycles. The Morgan fingerprint density at radius 1 is 1.75 bits per heavy atom. The van der Waals surface area contributed by atoms with Crippen molar-refractivity contribution < 1.29 is 4.79 Å². The van der Waals surface area contributed by atoms with Crippen molar-refractivity contribution in [1.29, 1.82) is 0 Å². The van der Waals surface area contributed by atoms with E-state index in [0.29, 0.717) is 0 Å². The van der Waals surface area contributed by atoms with Crippen molar-refractivity contribution >= 4 is 5.91 Å². The Balaban J connectivity index is 2.12. The van der Waals surface area contributed by atoms with E-state index < -0.39 is 0 Å². The molecule has 0 spiro atoms. The van der Waals surface area contributed by atoms with Crippen molar-refractivity contribution in [3.63, 3.8) is 0 Å². The second kappa shape index (κ2) is 4.13. The van der Waals surface area contributed by atoms with Crippen molar-refractivity contribution in [2.45, 2.75) is 6.42 Å². The summed E-state index contributed by atoms with van der Waals surface area (Å²) < 4.78 is 0. The molecule has 0 aromatic carbocycles. The number of hydrogen-bond acceptors (Lipinski definition) is 2. The lowest BCUT2D eigenvalue weighted by Crippen LogP contribution is -2.53. The van der Waals surface area contributed by atoms with Gasteiger partial charge in [0, 0.05) is 33.1 Å². The van der Waals surface area contributed by atoms with Gasteiger partial charge in [0.25, 0.3) is 0 Å². The molecule has 1 aliphatic heterocycles. The van der Waals surface area contributed by atoms with Crippen molar-refractivity contribution in [3.05, 3.63) is 0 Å². The maximum Gasteiger partial charge on any atom is 0.225 e. The van der Waals surface area contributed by atoms with Gasteiger partial charge in [-0.2, -0.15) is 0 Å². The molecule has 1 aliphatic rings. The number of rotatable bonds is 3. The van der Waals surface area contributed by atoms with Gasteiger partial charge < -0.3 is 10.2 Å². The van der Waals surface area contributed by atoms with Gasteiger partial charge in [-0.3, -0.25) is 4.79 Å². The Labute approximate surface area is 73.1 Å². The molecule has 0 radical (unpaired) electrons. The van der Waals surface area contributed by atoms with Gasteiger partial charge in [0.15, 0.2) is 0 Å². The molecule has 1 N–H and O–H groups in total. The second-order valence-electron chi connectivity index (χ2n) is 3.02. The molecule has 3 nitrogen and oxygen atoms in total. The van der Waals surface area contributed by atoms with Crippen LogP contribution >= 0.6 is 0 Å². The normalized spacial score (nSPS) is 18.0. The molecule has 1 rings (SSSR count). The van der Waals surface area contributed by atoms with Gasteiger partial charge in [-0.25, -0.2) is 0 Å². The predicted octanol–water partition coefficient (Wildman–Crippen LogP) is -0.312. The van der Waals surface area contributed by atoms with Gasteiger partial charge in [0.1, 0.15) is 0 Å². The number of amides is 1. The van der Waals surface area contributed by atoms with Gasteiger partial charge >= 0.3 is 0 Å². The topological polar surface area (TPSA) is 32.3 Å². The minimum atomic E-state index is 0.145. The number of terminal acetylenes is 1. The first-order chi connectivity index (χ1) is 5.77. The van der Waals surface area contributed by atoms with E-state index in [-0.39, 0.29) is 11.8 Å². The summed E-state index contributed by atoms with van der Waals surface area (Å²) in [5.41, 5.74) is 0. The van der Waals surface area contributed by atoms with Crippen LogP contribution in [0.4, 0.5) is 0 Å². The predicted molar refractivity (Wildman–Crippen MR) is 47.4 cm³/mol. The second-order valence-corrected chi connectivity index (χ2v) is 3.02.